The van der Waals surface area contributed by atoms with Crippen LogP contribution in [0.1, 0.15) is 16.3 Å². The Balaban J connectivity index is 2.07. The molecule has 2 rings (SSSR count). The largest absolute Gasteiger partial charge is 0.392 e. The van der Waals surface area contributed by atoms with Crippen molar-refractivity contribution in [3.8, 4) is 0 Å². The van der Waals surface area contributed by atoms with Crippen LogP contribution >= 0.6 is 27.3 Å². The summed E-state index contributed by atoms with van der Waals surface area (Å²) >= 11 is 4.77. The molecule has 0 atom stereocenters. The first-order valence-electron chi connectivity index (χ1n) is 6.22. The highest BCUT2D eigenvalue weighted by atomic mass is 79.9. The van der Waals surface area contributed by atoms with E-state index in [4.69, 9.17) is 5.11 Å². The number of halogens is 1. The number of nitrogens with zero attached hydrogens (tertiary/aromatic N) is 1. The van der Waals surface area contributed by atoms with Gasteiger partial charge in [-0.1, -0.05) is 6.07 Å². The molecule has 21 heavy (non-hydrogen) atoms. The lowest BCUT2D eigenvalue weighted by Gasteiger charge is -2.09. The molecule has 8 heteroatoms. The minimum atomic E-state index is -3.62. The van der Waals surface area contributed by atoms with Gasteiger partial charge in [0.1, 0.15) is 0 Å². The van der Waals surface area contributed by atoms with Gasteiger partial charge in [-0.05, 0) is 40.5 Å². The van der Waals surface area contributed by atoms with E-state index in [1.165, 1.54) is 6.07 Å². The minimum absolute atomic E-state index is 0.128. The van der Waals surface area contributed by atoms with Gasteiger partial charge in [-0.3, -0.25) is 0 Å². The van der Waals surface area contributed by atoms with Crippen molar-refractivity contribution in [1.29, 1.82) is 0 Å². The van der Waals surface area contributed by atoms with E-state index in [9.17, 15) is 8.42 Å². The number of aryl methyl sites for hydroxylation is 1. The normalized spacial score (nSPS) is 11.8. The SMILES string of the molecule is Cc1nc(CCNS(=O)(=O)c2cc(CO)ccc2Br)cs1. The maximum absolute atomic E-state index is 12.3. The maximum atomic E-state index is 12.3. The van der Waals surface area contributed by atoms with E-state index < -0.39 is 10.0 Å². The van der Waals surface area contributed by atoms with Crippen molar-refractivity contribution in [2.75, 3.05) is 6.54 Å². The van der Waals surface area contributed by atoms with E-state index >= 15 is 0 Å². The maximum Gasteiger partial charge on any atom is 0.241 e. The molecule has 2 aromatic rings. The third-order valence-electron chi connectivity index (χ3n) is 2.81. The predicted octanol–water partition coefficient (Wildman–Crippen LogP) is 2.23. The molecule has 114 valence electrons. The predicted molar refractivity (Wildman–Crippen MR) is 85.8 cm³/mol. The van der Waals surface area contributed by atoms with E-state index in [1.54, 1.807) is 23.5 Å². The Labute approximate surface area is 136 Å². The molecule has 1 heterocycles. The Morgan fingerprint density at radius 3 is 2.81 bits per heavy atom. The average molecular weight is 391 g/mol. The van der Waals surface area contributed by atoms with Crippen molar-refractivity contribution in [2.45, 2.75) is 24.8 Å². The van der Waals surface area contributed by atoms with Crippen LogP contribution in [0, 0.1) is 6.92 Å². The molecule has 0 aliphatic heterocycles. The Bertz CT molecular complexity index is 729. The number of hydrogen-bond donors (Lipinski definition) is 2. The van der Waals surface area contributed by atoms with Crippen LogP contribution in [0.15, 0.2) is 32.9 Å². The molecule has 0 aliphatic carbocycles. The summed E-state index contributed by atoms with van der Waals surface area (Å²) in [4.78, 5) is 4.42. The molecule has 0 amide bonds. The van der Waals surface area contributed by atoms with Crippen LogP contribution in [-0.2, 0) is 23.1 Å². The highest BCUT2D eigenvalue weighted by Crippen LogP contribution is 2.23. The Morgan fingerprint density at radius 1 is 1.43 bits per heavy atom. The number of sulfonamides is 1. The lowest BCUT2D eigenvalue weighted by atomic mass is 10.2. The number of aliphatic hydroxyl groups is 1. The summed E-state index contributed by atoms with van der Waals surface area (Å²) < 4.78 is 27.6. The third kappa shape index (κ3) is 4.33. The molecule has 0 saturated heterocycles. The monoisotopic (exact) mass is 390 g/mol. The smallest absolute Gasteiger partial charge is 0.241 e. The molecule has 0 radical (unpaired) electrons. The van der Waals surface area contributed by atoms with Gasteiger partial charge < -0.3 is 5.11 Å². The number of nitrogens with one attached hydrogen (secondary N) is 1. The van der Waals surface area contributed by atoms with Crippen molar-refractivity contribution in [3.63, 3.8) is 0 Å². The van der Waals surface area contributed by atoms with Crippen molar-refractivity contribution < 1.29 is 13.5 Å². The minimum Gasteiger partial charge on any atom is -0.392 e. The zero-order chi connectivity index (χ0) is 15.5. The van der Waals surface area contributed by atoms with Crippen LogP contribution < -0.4 is 4.72 Å². The molecule has 1 aromatic heterocycles. The summed E-state index contributed by atoms with van der Waals surface area (Å²) in [5.74, 6) is 0. The van der Waals surface area contributed by atoms with Crippen LogP contribution in [-0.4, -0.2) is 25.1 Å². The number of thiazole rings is 1. The lowest BCUT2D eigenvalue weighted by molar-refractivity contribution is 0.281. The molecule has 0 saturated carbocycles. The van der Waals surface area contributed by atoms with Gasteiger partial charge in [0.05, 0.1) is 22.2 Å². The molecular formula is C13H15BrN2O3S2. The van der Waals surface area contributed by atoms with E-state index in [1.807, 2.05) is 12.3 Å². The zero-order valence-corrected chi connectivity index (χ0v) is 14.6. The highest BCUT2D eigenvalue weighted by molar-refractivity contribution is 9.10. The van der Waals surface area contributed by atoms with E-state index in [0.717, 1.165) is 10.7 Å². The van der Waals surface area contributed by atoms with Gasteiger partial charge in [0.25, 0.3) is 0 Å². The molecule has 0 fully saturated rings. The van der Waals surface area contributed by atoms with Crippen LogP contribution in [0.25, 0.3) is 0 Å². The van der Waals surface area contributed by atoms with Crippen molar-refractivity contribution in [2.24, 2.45) is 0 Å². The standard InChI is InChI=1S/C13H15BrN2O3S2/c1-9-16-11(8-20-9)4-5-15-21(18,19)13-6-10(7-17)2-3-12(13)14/h2-3,6,8,15,17H,4-5,7H2,1H3. The van der Waals surface area contributed by atoms with Crippen LogP contribution in [0.3, 0.4) is 0 Å². The number of hydrogen-bond acceptors (Lipinski definition) is 5. The first-order valence-corrected chi connectivity index (χ1v) is 9.38. The van der Waals surface area contributed by atoms with Crippen LogP contribution in [0.2, 0.25) is 0 Å². The highest BCUT2D eigenvalue weighted by Gasteiger charge is 2.17. The first-order chi connectivity index (χ1) is 9.92. The summed E-state index contributed by atoms with van der Waals surface area (Å²) in [6.45, 7) is 1.99. The number of rotatable bonds is 6. The Kier molecular flexibility index (Phi) is 5.50. The second-order valence-corrected chi connectivity index (χ2v) is 8.08. The molecule has 0 aliphatic rings. The fraction of sp³-hybridized carbons (Fsp3) is 0.308. The fourth-order valence-corrected chi connectivity index (χ4v) is 4.46. The summed E-state index contributed by atoms with van der Waals surface area (Å²) in [5.41, 5.74) is 1.43. The number of benzene rings is 1. The van der Waals surface area contributed by atoms with Gasteiger partial charge in [0.15, 0.2) is 0 Å². The van der Waals surface area contributed by atoms with E-state index in [-0.39, 0.29) is 18.0 Å². The van der Waals surface area contributed by atoms with Gasteiger partial charge in [-0.15, -0.1) is 11.3 Å². The molecule has 0 spiro atoms. The second kappa shape index (κ2) is 6.97. The number of aromatic nitrogens is 1. The summed E-state index contributed by atoms with van der Waals surface area (Å²) in [5, 5.41) is 12.0. The molecular weight excluding hydrogens is 376 g/mol. The topological polar surface area (TPSA) is 79.3 Å². The van der Waals surface area contributed by atoms with Crippen molar-refractivity contribution >= 4 is 37.3 Å². The molecule has 2 N–H and O–H groups in total. The van der Waals surface area contributed by atoms with Gasteiger partial charge in [0.2, 0.25) is 10.0 Å². The van der Waals surface area contributed by atoms with E-state index in [0.29, 0.717) is 16.5 Å². The summed E-state index contributed by atoms with van der Waals surface area (Å²) in [6.07, 6.45) is 0.543. The van der Waals surface area contributed by atoms with Gasteiger partial charge in [-0.25, -0.2) is 18.1 Å². The van der Waals surface area contributed by atoms with Crippen LogP contribution in [0.5, 0.6) is 0 Å². The van der Waals surface area contributed by atoms with Gasteiger partial charge >= 0.3 is 0 Å². The van der Waals surface area contributed by atoms with Crippen LogP contribution in [0.4, 0.5) is 0 Å². The average Bonchev–Trinajstić information content (AvgIpc) is 2.84. The van der Waals surface area contributed by atoms with Crippen molar-refractivity contribution in [1.82, 2.24) is 9.71 Å². The third-order valence-corrected chi connectivity index (χ3v) is 6.08. The summed E-state index contributed by atoms with van der Waals surface area (Å²) in [7, 11) is -3.62. The molecule has 0 bridgehead atoms. The Morgan fingerprint density at radius 2 is 2.19 bits per heavy atom. The first kappa shape index (κ1) is 16.6. The van der Waals surface area contributed by atoms with Gasteiger partial charge in [0, 0.05) is 22.8 Å². The lowest BCUT2D eigenvalue weighted by Crippen LogP contribution is -2.26. The fourth-order valence-electron chi connectivity index (χ4n) is 1.77. The quantitative estimate of drug-likeness (QED) is 0.792. The Hall–Kier alpha value is -0.800. The molecule has 1 aromatic carbocycles. The molecule has 5 nitrogen and oxygen atoms in total. The van der Waals surface area contributed by atoms with Gasteiger partial charge in [-0.2, -0.15) is 0 Å². The van der Waals surface area contributed by atoms with E-state index in [2.05, 4.69) is 25.6 Å². The second-order valence-electron chi connectivity index (χ2n) is 4.43. The van der Waals surface area contributed by atoms with Crippen molar-refractivity contribution in [3.05, 3.63) is 44.3 Å². The summed E-state index contributed by atoms with van der Waals surface area (Å²) in [6, 6.07) is 4.74. The number of aliphatic hydroxyl groups excluding tert-OH is 1. The molecule has 0 unspecified atom stereocenters. The zero-order valence-electron chi connectivity index (χ0n) is 11.3.